The number of carbonyl (C=O) groups excluding carboxylic acids is 1. The minimum atomic E-state index is -0.622. The molecule has 3 rings (SSSR count). The van der Waals surface area contributed by atoms with Crippen LogP contribution in [0.4, 0.5) is 13.6 Å². The molecule has 2 aromatic rings. The van der Waals surface area contributed by atoms with Gasteiger partial charge in [0, 0.05) is 13.1 Å². The third kappa shape index (κ3) is 4.74. The van der Waals surface area contributed by atoms with Gasteiger partial charge < -0.3 is 19.7 Å². The van der Waals surface area contributed by atoms with Gasteiger partial charge in [-0.05, 0) is 36.2 Å². The maximum atomic E-state index is 14.3. The number of halogens is 2. The number of para-hydroxylation sites is 1. The molecule has 27 heavy (non-hydrogen) atoms. The van der Waals surface area contributed by atoms with E-state index in [1.165, 1.54) is 30.3 Å². The third-order valence-corrected chi connectivity index (χ3v) is 4.46. The summed E-state index contributed by atoms with van der Waals surface area (Å²) in [6.45, 7) is 3.77. The van der Waals surface area contributed by atoms with Gasteiger partial charge in [0.25, 0.3) is 0 Å². The van der Waals surface area contributed by atoms with Crippen molar-refractivity contribution in [2.24, 2.45) is 0 Å². The van der Waals surface area contributed by atoms with Gasteiger partial charge in [-0.25, -0.2) is 13.6 Å². The van der Waals surface area contributed by atoms with E-state index < -0.39 is 11.6 Å². The summed E-state index contributed by atoms with van der Waals surface area (Å²) in [5.41, 5.74) is 0.586. The highest BCUT2D eigenvalue weighted by Crippen LogP contribution is 2.27. The Labute approximate surface area is 156 Å². The van der Waals surface area contributed by atoms with Gasteiger partial charge in [-0.2, -0.15) is 0 Å². The van der Waals surface area contributed by atoms with Gasteiger partial charge in [-0.15, -0.1) is 0 Å². The average Bonchev–Trinajstić information content (AvgIpc) is 2.69. The number of urea groups is 1. The average molecular weight is 376 g/mol. The number of hydrogen-bond donors (Lipinski definition) is 1. The molecule has 1 atom stereocenters. The Morgan fingerprint density at radius 3 is 2.74 bits per heavy atom. The van der Waals surface area contributed by atoms with Crippen molar-refractivity contribution in [1.29, 1.82) is 0 Å². The van der Waals surface area contributed by atoms with E-state index in [0.29, 0.717) is 25.3 Å². The Morgan fingerprint density at radius 1 is 1.22 bits per heavy atom. The smallest absolute Gasteiger partial charge is 0.318 e. The fourth-order valence-electron chi connectivity index (χ4n) is 2.92. The summed E-state index contributed by atoms with van der Waals surface area (Å²) in [6, 6.07) is 9.99. The lowest BCUT2D eigenvalue weighted by molar-refractivity contribution is 0.0112. The van der Waals surface area contributed by atoms with Crippen molar-refractivity contribution in [1.82, 2.24) is 10.2 Å². The lowest BCUT2D eigenvalue weighted by Gasteiger charge is -2.35. The van der Waals surface area contributed by atoms with Crippen LogP contribution in [-0.2, 0) is 11.3 Å². The van der Waals surface area contributed by atoms with Crippen LogP contribution < -0.4 is 10.1 Å². The van der Waals surface area contributed by atoms with Crippen molar-refractivity contribution in [2.75, 3.05) is 19.8 Å². The number of ether oxygens (including phenoxy) is 2. The van der Waals surface area contributed by atoms with E-state index >= 15 is 0 Å². The minimum Gasteiger partial charge on any atom is -0.451 e. The number of hydrogen-bond acceptors (Lipinski definition) is 3. The number of rotatable bonds is 5. The molecule has 1 N–H and O–H groups in total. The molecule has 0 radical (unpaired) electrons. The van der Waals surface area contributed by atoms with Crippen LogP contribution in [0.3, 0.4) is 0 Å². The minimum absolute atomic E-state index is 0.0459. The van der Waals surface area contributed by atoms with Crippen LogP contribution in [0.5, 0.6) is 11.5 Å². The monoisotopic (exact) mass is 376 g/mol. The molecular formula is C20H22F2N2O3. The van der Waals surface area contributed by atoms with Gasteiger partial charge in [-0.1, -0.05) is 25.1 Å². The molecule has 1 heterocycles. The quantitative estimate of drug-likeness (QED) is 0.856. The highest BCUT2D eigenvalue weighted by atomic mass is 19.1. The molecule has 0 aliphatic carbocycles. The molecule has 144 valence electrons. The van der Waals surface area contributed by atoms with Crippen molar-refractivity contribution in [3.8, 4) is 11.5 Å². The molecule has 1 aliphatic heterocycles. The summed E-state index contributed by atoms with van der Waals surface area (Å²) in [5, 5.41) is 2.80. The maximum Gasteiger partial charge on any atom is 0.318 e. The van der Waals surface area contributed by atoms with Crippen LogP contribution in [0.2, 0.25) is 0 Å². The van der Waals surface area contributed by atoms with E-state index in [2.05, 4.69) is 5.32 Å². The molecule has 0 aromatic heterocycles. The maximum absolute atomic E-state index is 14.3. The molecule has 1 saturated heterocycles. The summed E-state index contributed by atoms with van der Waals surface area (Å²) < 4.78 is 38.6. The molecule has 2 amide bonds. The van der Waals surface area contributed by atoms with Crippen LogP contribution in [0.1, 0.15) is 18.9 Å². The standard InChI is InChI=1S/C20H22F2N2O3/c1-2-15-13-26-10-9-24(15)20(25)23-12-14-7-8-19(17(22)11-14)27-18-6-4-3-5-16(18)21/h3-8,11,15H,2,9-10,12-13H2,1H3,(H,23,25). The molecule has 1 aliphatic rings. The largest absolute Gasteiger partial charge is 0.451 e. The van der Waals surface area contributed by atoms with Crippen molar-refractivity contribution in [3.05, 3.63) is 59.7 Å². The topological polar surface area (TPSA) is 50.8 Å². The Bertz CT molecular complexity index is 801. The molecule has 1 unspecified atom stereocenters. The highest BCUT2D eigenvalue weighted by molar-refractivity contribution is 5.74. The van der Waals surface area contributed by atoms with Gasteiger partial charge in [-0.3, -0.25) is 0 Å². The van der Waals surface area contributed by atoms with Crippen LogP contribution in [0, 0.1) is 11.6 Å². The van der Waals surface area contributed by atoms with Gasteiger partial charge >= 0.3 is 6.03 Å². The molecule has 0 bridgehead atoms. The van der Waals surface area contributed by atoms with Crippen molar-refractivity contribution < 1.29 is 23.0 Å². The third-order valence-electron chi connectivity index (χ3n) is 4.46. The summed E-state index contributed by atoms with van der Waals surface area (Å²) in [4.78, 5) is 14.1. The first-order chi connectivity index (χ1) is 13.1. The Hall–Kier alpha value is -2.67. The summed E-state index contributed by atoms with van der Waals surface area (Å²) >= 11 is 0. The summed E-state index contributed by atoms with van der Waals surface area (Å²) in [6.07, 6.45) is 0.810. The van der Waals surface area contributed by atoms with Crippen LogP contribution in [0.25, 0.3) is 0 Å². The second-order valence-corrected chi connectivity index (χ2v) is 6.29. The second kappa shape index (κ2) is 8.81. The second-order valence-electron chi connectivity index (χ2n) is 6.29. The summed E-state index contributed by atoms with van der Waals surface area (Å²) in [7, 11) is 0. The van der Waals surface area contributed by atoms with E-state index in [4.69, 9.17) is 9.47 Å². The van der Waals surface area contributed by atoms with E-state index in [-0.39, 0.29) is 30.1 Å². The molecule has 7 heteroatoms. The molecule has 1 fully saturated rings. The van der Waals surface area contributed by atoms with Crippen molar-refractivity contribution in [2.45, 2.75) is 25.9 Å². The molecule has 5 nitrogen and oxygen atoms in total. The molecule has 0 spiro atoms. The van der Waals surface area contributed by atoms with E-state index in [1.54, 1.807) is 17.0 Å². The predicted molar refractivity (Wildman–Crippen MR) is 96.7 cm³/mol. The number of nitrogens with zero attached hydrogens (tertiary/aromatic N) is 1. The highest BCUT2D eigenvalue weighted by Gasteiger charge is 2.25. The Kier molecular flexibility index (Phi) is 6.24. The predicted octanol–water partition coefficient (Wildman–Crippen LogP) is 4.08. The fraction of sp³-hybridized carbons (Fsp3) is 0.350. The van der Waals surface area contributed by atoms with Gasteiger partial charge in [0.05, 0.1) is 19.3 Å². The van der Waals surface area contributed by atoms with E-state index in [9.17, 15) is 13.6 Å². The zero-order chi connectivity index (χ0) is 19.2. The van der Waals surface area contributed by atoms with Crippen molar-refractivity contribution >= 4 is 6.03 Å². The zero-order valence-electron chi connectivity index (χ0n) is 15.1. The number of nitrogens with one attached hydrogen (secondary N) is 1. The summed E-state index contributed by atoms with van der Waals surface area (Å²) in [5.74, 6) is -1.31. The van der Waals surface area contributed by atoms with E-state index in [0.717, 1.165) is 6.42 Å². The van der Waals surface area contributed by atoms with Crippen molar-refractivity contribution in [3.63, 3.8) is 0 Å². The molecule has 2 aromatic carbocycles. The zero-order valence-corrected chi connectivity index (χ0v) is 15.1. The first-order valence-corrected chi connectivity index (χ1v) is 8.91. The SMILES string of the molecule is CCC1COCCN1C(=O)NCc1ccc(Oc2ccccc2F)c(F)c1. The van der Waals surface area contributed by atoms with Gasteiger partial charge in [0.1, 0.15) is 0 Å². The number of benzene rings is 2. The number of morpholine rings is 1. The number of carbonyl (C=O) groups is 1. The lowest BCUT2D eigenvalue weighted by atomic mass is 10.2. The fourth-order valence-corrected chi connectivity index (χ4v) is 2.92. The molecule has 0 saturated carbocycles. The van der Waals surface area contributed by atoms with Crippen LogP contribution in [0.15, 0.2) is 42.5 Å². The first kappa shape index (κ1) is 19.1. The van der Waals surface area contributed by atoms with Gasteiger partial charge in [0.15, 0.2) is 23.1 Å². The molecular weight excluding hydrogens is 354 g/mol. The number of amides is 2. The van der Waals surface area contributed by atoms with E-state index in [1.807, 2.05) is 6.92 Å². The normalized spacial score (nSPS) is 16.9. The first-order valence-electron chi connectivity index (χ1n) is 8.91. The van der Waals surface area contributed by atoms with Gasteiger partial charge in [0.2, 0.25) is 0 Å². The Morgan fingerprint density at radius 2 is 2.00 bits per heavy atom. The van der Waals surface area contributed by atoms with Crippen LogP contribution >= 0.6 is 0 Å². The van der Waals surface area contributed by atoms with Crippen LogP contribution in [-0.4, -0.2) is 36.7 Å². The lowest BCUT2D eigenvalue weighted by Crippen LogP contribution is -2.52. The Balaban J connectivity index is 1.60.